The van der Waals surface area contributed by atoms with Crippen molar-refractivity contribution >= 4 is 26.8 Å². The number of nitrogens with zero attached hydrogens (tertiary/aromatic N) is 1. The van der Waals surface area contributed by atoms with Crippen molar-refractivity contribution in [3.05, 3.63) is 65.6 Å². The summed E-state index contributed by atoms with van der Waals surface area (Å²) in [4.78, 5) is 11.1. The second-order valence-electron chi connectivity index (χ2n) is 5.53. The van der Waals surface area contributed by atoms with Gasteiger partial charge in [-0.25, -0.2) is 16.8 Å². The van der Waals surface area contributed by atoms with Gasteiger partial charge in [-0.3, -0.25) is 4.79 Å². The number of benzene rings is 2. The molecule has 0 saturated heterocycles. The number of amides is 1. The third-order valence-corrected chi connectivity index (χ3v) is 5.52. The van der Waals surface area contributed by atoms with Crippen LogP contribution in [0, 0.1) is 12.7 Å². The Balaban J connectivity index is 2.27. The maximum Gasteiger partial charge on any atom is 0.268 e. The maximum absolute atomic E-state index is 14.6. The predicted octanol–water partition coefficient (Wildman–Crippen LogP) is 2.35. The van der Waals surface area contributed by atoms with E-state index in [9.17, 15) is 17.6 Å². The molecule has 0 unspecified atom stereocenters. The molecule has 7 heteroatoms. The molecule has 0 aliphatic carbocycles. The van der Waals surface area contributed by atoms with Gasteiger partial charge in [0.15, 0.2) is 0 Å². The Morgan fingerprint density at radius 2 is 1.83 bits per heavy atom. The van der Waals surface area contributed by atoms with Crippen LogP contribution in [0.1, 0.15) is 11.3 Å². The zero-order valence-electron chi connectivity index (χ0n) is 12.9. The highest BCUT2D eigenvalue weighted by Gasteiger charge is 2.23. The van der Waals surface area contributed by atoms with Crippen molar-refractivity contribution in [2.75, 3.05) is 0 Å². The third kappa shape index (κ3) is 2.67. The van der Waals surface area contributed by atoms with Crippen molar-refractivity contribution in [2.24, 2.45) is 5.73 Å². The number of rotatable bonds is 4. The highest BCUT2D eigenvalue weighted by atomic mass is 32.2. The highest BCUT2D eigenvalue weighted by molar-refractivity contribution is 7.90. The first-order valence-corrected chi connectivity index (χ1v) is 8.64. The predicted molar refractivity (Wildman–Crippen MR) is 88.6 cm³/mol. The van der Waals surface area contributed by atoms with E-state index in [2.05, 4.69) is 0 Å². The highest BCUT2D eigenvalue weighted by Crippen LogP contribution is 2.28. The molecule has 2 N–H and O–H groups in total. The van der Waals surface area contributed by atoms with Crippen LogP contribution < -0.4 is 5.73 Å². The van der Waals surface area contributed by atoms with Gasteiger partial charge in [-0.2, -0.15) is 0 Å². The first kappa shape index (κ1) is 16.2. The first-order chi connectivity index (χ1) is 11.3. The van der Waals surface area contributed by atoms with Crippen LogP contribution in [0.5, 0.6) is 0 Å². The van der Waals surface area contributed by atoms with Crippen LogP contribution in [0.3, 0.4) is 0 Å². The number of nitrogens with two attached hydrogens (primary N) is 1. The summed E-state index contributed by atoms with van der Waals surface area (Å²) in [6, 6.07) is 12.1. The summed E-state index contributed by atoms with van der Waals surface area (Å²) in [5, 5.41) is 0.406. The van der Waals surface area contributed by atoms with Crippen molar-refractivity contribution < 1.29 is 17.6 Å². The number of fused-ring (bicyclic) bond motifs is 1. The van der Waals surface area contributed by atoms with E-state index < -0.39 is 21.7 Å². The normalized spacial score (nSPS) is 11.8. The lowest BCUT2D eigenvalue weighted by molar-refractivity contribution is -0.117. The molecule has 3 rings (SSSR count). The minimum atomic E-state index is -3.93. The van der Waals surface area contributed by atoms with E-state index in [0.29, 0.717) is 16.6 Å². The lowest BCUT2D eigenvalue weighted by Gasteiger charge is -2.11. The van der Waals surface area contributed by atoms with E-state index >= 15 is 0 Å². The zero-order chi connectivity index (χ0) is 17.5. The number of carbonyl (C=O) groups is 1. The lowest BCUT2D eigenvalue weighted by atomic mass is 10.1. The van der Waals surface area contributed by atoms with Gasteiger partial charge in [-0.1, -0.05) is 18.2 Å². The second-order valence-corrected chi connectivity index (χ2v) is 7.31. The summed E-state index contributed by atoms with van der Waals surface area (Å²) in [5.41, 5.74) is 5.88. The molecule has 0 bridgehead atoms. The maximum atomic E-state index is 14.6. The Morgan fingerprint density at radius 3 is 2.46 bits per heavy atom. The summed E-state index contributed by atoms with van der Waals surface area (Å²) < 4.78 is 41.3. The first-order valence-electron chi connectivity index (χ1n) is 7.20. The monoisotopic (exact) mass is 346 g/mol. The van der Waals surface area contributed by atoms with Gasteiger partial charge >= 0.3 is 0 Å². The number of hydrogen-bond donors (Lipinski definition) is 1. The average molecular weight is 346 g/mol. The molecule has 0 aliphatic heterocycles. The Bertz CT molecular complexity index is 1040. The van der Waals surface area contributed by atoms with E-state index in [4.69, 9.17) is 5.73 Å². The number of hydrogen-bond acceptors (Lipinski definition) is 3. The largest absolute Gasteiger partial charge is 0.369 e. The minimum Gasteiger partial charge on any atom is -0.369 e. The molecule has 0 atom stereocenters. The summed E-state index contributed by atoms with van der Waals surface area (Å²) >= 11 is 0. The van der Waals surface area contributed by atoms with Crippen LogP contribution >= 0.6 is 0 Å². The minimum absolute atomic E-state index is 0.0374. The molecular formula is C17H15FN2O3S. The van der Waals surface area contributed by atoms with Gasteiger partial charge in [0.2, 0.25) is 5.91 Å². The van der Waals surface area contributed by atoms with Gasteiger partial charge in [0.05, 0.1) is 11.3 Å². The van der Waals surface area contributed by atoms with Gasteiger partial charge in [-0.15, -0.1) is 0 Å². The molecule has 2 aromatic carbocycles. The molecule has 5 nitrogen and oxygen atoms in total. The van der Waals surface area contributed by atoms with Crippen molar-refractivity contribution in [1.82, 2.24) is 3.97 Å². The van der Waals surface area contributed by atoms with Crippen LogP contribution in [-0.4, -0.2) is 18.3 Å². The fourth-order valence-corrected chi connectivity index (χ4v) is 4.35. The Hall–Kier alpha value is -2.67. The van der Waals surface area contributed by atoms with Crippen LogP contribution in [0.15, 0.2) is 53.4 Å². The van der Waals surface area contributed by atoms with E-state index in [0.717, 1.165) is 10.0 Å². The molecule has 1 heterocycles. The van der Waals surface area contributed by atoms with Gasteiger partial charge < -0.3 is 5.73 Å². The third-order valence-electron chi connectivity index (χ3n) is 3.70. The molecule has 0 saturated carbocycles. The number of carbonyl (C=O) groups excluding carboxylic acids is 1. The summed E-state index contributed by atoms with van der Waals surface area (Å²) in [6.07, 6.45) is -0.109. The van der Waals surface area contributed by atoms with Crippen LogP contribution in [-0.2, 0) is 21.2 Å². The Kier molecular flexibility index (Phi) is 3.88. The van der Waals surface area contributed by atoms with Gasteiger partial charge in [0, 0.05) is 11.1 Å². The van der Waals surface area contributed by atoms with Crippen molar-refractivity contribution in [2.45, 2.75) is 18.2 Å². The van der Waals surface area contributed by atoms with E-state index in [1.807, 2.05) is 0 Å². The molecule has 0 fully saturated rings. The number of halogens is 1. The SMILES string of the molecule is Cc1cc2cc(CC(N)=O)cc(F)c2n1S(=O)(=O)c1ccccc1. The zero-order valence-corrected chi connectivity index (χ0v) is 13.7. The molecule has 124 valence electrons. The van der Waals surface area contributed by atoms with Crippen LogP contribution in [0.2, 0.25) is 0 Å². The molecule has 24 heavy (non-hydrogen) atoms. The van der Waals surface area contributed by atoms with Crippen LogP contribution in [0.4, 0.5) is 4.39 Å². The standard InChI is InChI=1S/C17H15FN2O3S/c1-11-7-13-8-12(10-16(19)21)9-15(18)17(13)20(11)24(22,23)14-5-3-2-4-6-14/h2-9H,10H2,1H3,(H2,19,21). The smallest absolute Gasteiger partial charge is 0.268 e. The molecule has 0 aliphatic rings. The second kappa shape index (κ2) is 5.76. The van der Waals surface area contributed by atoms with Gasteiger partial charge in [0.1, 0.15) is 11.3 Å². The Labute approximate surface area is 138 Å². The van der Waals surface area contributed by atoms with Crippen molar-refractivity contribution in [1.29, 1.82) is 0 Å². The Morgan fingerprint density at radius 1 is 1.17 bits per heavy atom. The van der Waals surface area contributed by atoms with Crippen molar-refractivity contribution in [3.63, 3.8) is 0 Å². The summed E-state index contributed by atoms with van der Waals surface area (Å²) in [6.45, 7) is 1.59. The fraction of sp³-hybridized carbons (Fsp3) is 0.118. The number of aryl methyl sites for hydroxylation is 1. The average Bonchev–Trinajstić information content (AvgIpc) is 2.84. The molecule has 0 radical (unpaired) electrons. The molecule has 1 amide bonds. The summed E-state index contributed by atoms with van der Waals surface area (Å²) in [7, 11) is -3.93. The van der Waals surface area contributed by atoms with Gasteiger partial charge in [-0.05, 0) is 42.8 Å². The van der Waals surface area contributed by atoms with E-state index in [1.54, 1.807) is 37.3 Å². The van der Waals surface area contributed by atoms with E-state index in [1.165, 1.54) is 12.1 Å². The van der Waals surface area contributed by atoms with Crippen LogP contribution in [0.25, 0.3) is 10.9 Å². The quantitative estimate of drug-likeness (QED) is 0.787. The fourth-order valence-electron chi connectivity index (χ4n) is 2.77. The van der Waals surface area contributed by atoms with E-state index in [-0.39, 0.29) is 16.8 Å². The molecular weight excluding hydrogens is 331 g/mol. The topological polar surface area (TPSA) is 82.2 Å². The number of primary amides is 1. The molecule has 3 aromatic rings. The summed E-state index contributed by atoms with van der Waals surface area (Å²) in [5.74, 6) is -1.29. The van der Waals surface area contributed by atoms with Crippen molar-refractivity contribution in [3.8, 4) is 0 Å². The lowest BCUT2D eigenvalue weighted by Crippen LogP contribution is -2.15. The van der Waals surface area contributed by atoms with Gasteiger partial charge in [0.25, 0.3) is 10.0 Å². The number of aromatic nitrogens is 1. The molecule has 0 spiro atoms. The molecule has 1 aromatic heterocycles.